The highest BCUT2D eigenvalue weighted by molar-refractivity contribution is 7.87. The molecule has 7 heteroatoms. The number of benzene rings is 1. The summed E-state index contributed by atoms with van der Waals surface area (Å²) < 4.78 is 31.3. The molecule has 0 spiro atoms. The second kappa shape index (κ2) is 5.58. The summed E-state index contributed by atoms with van der Waals surface area (Å²) in [5, 5.41) is 0. The normalized spacial score (nSPS) is 16.7. The van der Waals surface area contributed by atoms with Crippen LogP contribution in [0.2, 0.25) is 0 Å². The molecule has 0 aromatic heterocycles. The lowest BCUT2D eigenvalue weighted by atomic mass is 10.1. The van der Waals surface area contributed by atoms with Gasteiger partial charge in [0.05, 0.1) is 0 Å². The van der Waals surface area contributed by atoms with Crippen molar-refractivity contribution in [3.8, 4) is 0 Å². The van der Waals surface area contributed by atoms with Crippen LogP contribution in [0.15, 0.2) is 30.3 Å². The lowest BCUT2D eigenvalue weighted by Gasteiger charge is -2.35. The van der Waals surface area contributed by atoms with E-state index in [-0.39, 0.29) is 6.61 Å². The number of nitrogens with one attached hydrogen (secondary N) is 1. The van der Waals surface area contributed by atoms with E-state index in [0.717, 1.165) is 5.56 Å². The van der Waals surface area contributed by atoms with Crippen molar-refractivity contribution in [3.05, 3.63) is 35.9 Å². The van der Waals surface area contributed by atoms with Crippen LogP contribution in [0.25, 0.3) is 0 Å². The van der Waals surface area contributed by atoms with Gasteiger partial charge in [-0.05, 0) is 11.5 Å². The van der Waals surface area contributed by atoms with E-state index in [4.69, 9.17) is 4.74 Å². The largest absolute Gasteiger partial charge is 0.444 e. The monoisotopic (exact) mass is 284 g/mol. The van der Waals surface area contributed by atoms with Crippen molar-refractivity contribution < 1.29 is 17.9 Å². The van der Waals surface area contributed by atoms with Crippen molar-refractivity contribution in [2.75, 3.05) is 13.1 Å². The Morgan fingerprint density at radius 2 is 2.00 bits per heavy atom. The number of rotatable bonds is 4. The fraction of sp³-hybridized carbons (Fsp3) is 0.417. The Morgan fingerprint density at radius 3 is 2.58 bits per heavy atom. The number of hydrogen-bond donors (Lipinski definition) is 1. The molecule has 0 saturated carbocycles. The maximum absolute atomic E-state index is 11.7. The van der Waals surface area contributed by atoms with Gasteiger partial charge in [-0.25, -0.2) is 9.52 Å². The molecule has 6 nitrogen and oxygen atoms in total. The van der Waals surface area contributed by atoms with E-state index in [1.807, 2.05) is 29.8 Å². The Morgan fingerprint density at radius 1 is 1.37 bits per heavy atom. The average Bonchev–Trinajstić information content (AvgIpc) is 2.33. The molecule has 2 rings (SSSR count). The Labute approximate surface area is 112 Å². The minimum Gasteiger partial charge on any atom is -0.444 e. The van der Waals surface area contributed by atoms with Gasteiger partial charge in [0.2, 0.25) is 0 Å². The van der Waals surface area contributed by atoms with E-state index in [9.17, 15) is 13.2 Å². The molecule has 1 aliphatic rings. The molecule has 1 amide bonds. The number of amides is 1. The first-order valence-electron chi connectivity index (χ1n) is 5.96. The summed E-state index contributed by atoms with van der Waals surface area (Å²) in [6.45, 7) is 2.85. The van der Waals surface area contributed by atoms with Crippen LogP contribution in [0.3, 0.4) is 0 Å². The van der Waals surface area contributed by atoms with E-state index in [1.54, 1.807) is 12.1 Å². The highest BCUT2D eigenvalue weighted by Gasteiger charge is 2.34. The molecule has 104 valence electrons. The smallest absolute Gasteiger partial charge is 0.422 e. The molecule has 19 heavy (non-hydrogen) atoms. The molecule has 0 aliphatic carbocycles. The second-order valence-electron chi connectivity index (χ2n) is 4.59. The maximum atomic E-state index is 11.7. The van der Waals surface area contributed by atoms with E-state index in [1.165, 1.54) is 4.31 Å². The molecule has 0 atom stereocenters. The topological polar surface area (TPSA) is 75.7 Å². The van der Waals surface area contributed by atoms with Crippen molar-refractivity contribution in [2.45, 2.75) is 13.5 Å². The predicted octanol–water partition coefficient (Wildman–Crippen LogP) is 1.11. The van der Waals surface area contributed by atoms with Gasteiger partial charge in [0, 0.05) is 13.1 Å². The zero-order valence-corrected chi connectivity index (χ0v) is 11.4. The van der Waals surface area contributed by atoms with Crippen molar-refractivity contribution in [3.63, 3.8) is 0 Å². The summed E-state index contributed by atoms with van der Waals surface area (Å²) in [6, 6.07) is 9.06. The van der Waals surface area contributed by atoms with Gasteiger partial charge in [-0.15, -0.1) is 0 Å². The van der Waals surface area contributed by atoms with Crippen LogP contribution in [-0.2, 0) is 21.6 Å². The molecule has 1 saturated heterocycles. The number of nitrogens with zero attached hydrogens (tertiary/aromatic N) is 1. The molecular formula is C12H16N2O4S. The van der Waals surface area contributed by atoms with Gasteiger partial charge in [-0.1, -0.05) is 37.3 Å². The van der Waals surface area contributed by atoms with E-state index < -0.39 is 16.3 Å². The van der Waals surface area contributed by atoms with Crippen molar-refractivity contribution in [1.29, 1.82) is 0 Å². The maximum Gasteiger partial charge on any atom is 0.422 e. The second-order valence-corrected chi connectivity index (χ2v) is 6.26. The van der Waals surface area contributed by atoms with Gasteiger partial charge in [0.25, 0.3) is 0 Å². The van der Waals surface area contributed by atoms with Gasteiger partial charge in [0.1, 0.15) is 6.61 Å². The molecule has 1 aromatic carbocycles. The Hall–Kier alpha value is -1.60. The van der Waals surface area contributed by atoms with Crippen LogP contribution < -0.4 is 4.72 Å². The first kappa shape index (κ1) is 13.8. The highest BCUT2D eigenvalue weighted by atomic mass is 32.2. The summed E-state index contributed by atoms with van der Waals surface area (Å²) >= 11 is 0. The summed E-state index contributed by atoms with van der Waals surface area (Å²) in [5.74, 6) is 0.330. The number of carbonyl (C=O) groups is 1. The van der Waals surface area contributed by atoms with Crippen LogP contribution in [0.1, 0.15) is 12.5 Å². The molecule has 1 aromatic rings. The summed E-state index contributed by atoms with van der Waals surface area (Å²) in [4.78, 5) is 11.4. The number of carbonyl (C=O) groups excluding carboxylic acids is 1. The molecule has 0 bridgehead atoms. The summed E-state index contributed by atoms with van der Waals surface area (Å²) in [6.07, 6.45) is -0.955. The van der Waals surface area contributed by atoms with Gasteiger partial charge in [-0.3, -0.25) is 0 Å². The van der Waals surface area contributed by atoms with Crippen LogP contribution in [0, 0.1) is 5.92 Å². The Balaban J connectivity index is 1.81. The van der Waals surface area contributed by atoms with Crippen molar-refractivity contribution in [2.24, 2.45) is 5.92 Å². The summed E-state index contributed by atoms with van der Waals surface area (Å²) in [5.41, 5.74) is 0.799. The molecular weight excluding hydrogens is 268 g/mol. The zero-order valence-electron chi connectivity index (χ0n) is 10.6. The highest BCUT2D eigenvalue weighted by Crippen LogP contribution is 2.17. The zero-order chi connectivity index (χ0) is 13.9. The van der Waals surface area contributed by atoms with E-state index in [0.29, 0.717) is 19.0 Å². The Bertz CT molecular complexity index is 538. The lowest BCUT2D eigenvalue weighted by Crippen LogP contribution is -2.54. The molecule has 1 aliphatic heterocycles. The third kappa shape index (κ3) is 3.68. The lowest BCUT2D eigenvalue weighted by molar-refractivity contribution is 0.143. The third-order valence-electron chi connectivity index (χ3n) is 2.80. The van der Waals surface area contributed by atoms with Crippen LogP contribution >= 0.6 is 0 Å². The molecule has 0 unspecified atom stereocenters. The van der Waals surface area contributed by atoms with Crippen molar-refractivity contribution >= 4 is 16.3 Å². The molecule has 1 N–H and O–H groups in total. The minimum absolute atomic E-state index is 0.0403. The van der Waals surface area contributed by atoms with Crippen LogP contribution in [0.5, 0.6) is 0 Å². The number of ether oxygens (including phenoxy) is 1. The van der Waals surface area contributed by atoms with E-state index in [2.05, 4.69) is 0 Å². The molecule has 1 fully saturated rings. The van der Waals surface area contributed by atoms with Crippen molar-refractivity contribution in [1.82, 2.24) is 9.03 Å². The predicted molar refractivity (Wildman–Crippen MR) is 69.4 cm³/mol. The van der Waals surface area contributed by atoms with E-state index >= 15 is 0 Å². The first-order chi connectivity index (χ1) is 8.97. The van der Waals surface area contributed by atoms with Crippen LogP contribution in [-0.4, -0.2) is 31.9 Å². The third-order valence-corrected chi connectivity index (χ3v) is 4.20. The Kier molecular flexibility index (Phi) is 4.06. The van der Waals surface area contributed by atoms with Gasteiger partial charge in [0.15, 0.2) is 0 Å². The average molecular weight is 284 g/mol. The van der Waals surface area contributed by atoms with Gasteiger partial charge >= 0.3 is 16.3 Å². The molecule has 0 radical (unpaired) electrons. The fourth-order valence-electron chi connectivity index (χ4n) is 1.76. The molecule has 1 heterocycles. The van der Waals surface area contributed by atoms with Crippen LogP contribution in [0.4, 0.5) is 4.79 Å². The minimum atomic E-state index is -3.75. The fourth-order valence-corrected chi connectivity index (χ4v) is 3.06. The SMILES string of the molecule is CC1CN(S(=O)(=O)NC(=O)OCc2ccccc2)C1. The first-order valence-corrected chi connectivity index (χ1v) is 7.40. The van der Waals surface area contributed by atoms with Gasteiger partial charge < -0.3 is 4.74 Å². The standard InChI is InChI=1S/C12H16N2O4S/c1-10-7-14(8-10)19(16,17)13-12(15)18-9-11-5-3-2-4-6-11/h2-6,10H,7-9H2,1H3,(H,13,15). The van der Waals surface area contributed by atoms with Gasteiger partial charge in [-0.2, -0.15) is 12.7 Å². The summed E-state index contributed by atoms with van der Waals surface area (Å²) in [7, 11) is -3.75. The number of hydrogen-bond acceptors (Lipinski definition) is 4. The quantitative estimate of drug-likeness (QED) is 0.898.